The molecule has 1 aromatic rings. The summed E-state index contributed by atoms with van der Waals surface area (Å²) in [6.45, 7) is 14.7. The molecule has 0 saturated carbocycles. The summed E-state index contributed by atoms with van der Waals surface area (Å²) in [6.07, 6.45) is 7.09. The topological polar surface area (TPSA) is 30.9 Å². The van der Waals surface area contributed by atoms with Crippen LogP contribution >= 0.6 is 0 Å². The number of likely N-dealkylation sites (tertiary alicyclic amines) is 1. The summed E-state index contributed by atoms with van der Waals surface area (Å²) in [4.78, 5) is 2.56. The van der Waals surface area contributed by atoms with Gasteiger partial charge in [0, 0.05) is 22.9 Å². The lowest BCUT2D eigenvalue weighted by atomic mass is 9.53. The number of nitrogens with zero attached hydrogens (tertiary/aromatic N) is 1. The minimum Gasteiger partial charge on any atom is -0.542 e. The van der Waals surface area contributed by atoms with Crippen molar-refractivity contribution in [3.63, 3.8) is 0 Å². The first-order valence-electron chi connectivity index (χ1n) is 11.1. The maximum absolute atomic E-state index is 6.87. The van der Waals surface area contributed by atoms with E-state index in [1.165, 1.54) is 11.1 Å². The molecule has 1 aromatic carbocycles. The highest BCUT2D eigenvalue weighted by Crippen LogP contribution is 2.63. The molecule has 5 rings (SSSR count). The standard InChI is InChI=1S/C23H35NO3Si2/c1-24-13-12-23-16-9-11-19(27-29(5,6)7)22(23)25-21-18(26-28(2,3)4)10-8-15(20(21)23)14-17(16)24/h8-11,16-17,19,22H,12-14H2,1-7H3. The predicted molar refractivity (Wildman–Crippen MR) is 122 cm³/mol. The summed E-state index contributed by atoms with van der Waals surface area (Å²) in [7, 11) is -1.15. The van der Waals surface area contributed by atoms with E-state index in [9.17, 15) is 0 Å². The fourth-order valence-electron chi connectivity index (χ4n) is 6.13. The van der Waals surface area contributed by atoms with Gasteiger partial charge in [0.15, 0.2) is 14.1 Å². The molecule has 5 unspecified atom stereocenters. The van der Waals surface area contributed by atoms with Gasteiger partial charge >= 0.3 is 0 Å². The average molecular weight is 430 g/mol. The molecule has 4 aliphatic rings. The van der Waals surface area contributed by atoms with Crippen LogP contribution in [0.25, 0.3) is 0 Å². The number of hydrogen-bond donors (Lipinski definition) is 0. The van der Waals surface area contributed by atoms with Gasteiger partial charge in [-0.25, -0.2) is 0 Å². The first kappa shape index (κ1) is 19.9. The lowest BCUT2D eigenvalue weighted by Gasteiger charge is -2.57. The summed E-state index contributed by atoms with van der Waals surface area (Å²) in [6, 6.07) is 5.02. The van der Waals surface area contributed by atoms with Gasteiger partial charge in [0.05, 0.1) is 0 Å². The van der Waals surface area contributed by atoms with Crippen LogP contribution in [0.4, 0.5) is 0 Å². The molecule has 2 bridgehead atoms. The molecule has 2 aliphatic heterocycles. The van der Waals surface area contributed by atoms with E-state index in [-0.39, 0.29) is 17.6 Å². The van der Waals surface area contributed by atoms with Crippen molar-refractivity contribution in [3.8, 4) is 11.5 Å². The van der Waals surface area contributed by atoms with Gasteiger partial charge in [-0.2, -0.15) is 0 Å². The van der Waals surface area contributed by atoms with E-state index in [4.69, 9.17) is 13.6 Å². The minimum atomic E-state index is -1.73. The Morgan fingerprint density at radius 2 is 1.83 bits per heavy atom. The predicted octanol–water partition coefficient (Wildman–Crippen LogP) is 4.57. The summed E-state index contributed by atoms with van der Waals surface area (Å²) in [5.41, 5.74) is 2.93. The lowest BCUT2D eigenvalue weighted by Crippen LogP contribution is -2.65. The number of likely N-dealkylation sites (N-methyl/N-ethyl adjacent to an activating group) is 1. The van der Waals surface area contributed by atoms with E-state index in [2.05, 4.69) is 75.5 Å². The van der Waals surface area contributed by atoms with Crippen molar-refractivity contribution in [2.75, 3.05) is 13.6 Å². The second-order valence-electron chi connectivity index (χ2n) is 11.3. The molecule has 0 radical (unpaired) electrons. The van der Waals surface area contributed by atoms with E-state index in [1.54, 1.807) is 0 Å². The van der Waals surface area contributed by atoms with Crippen molar-refractivity contribution in [2.24, 2.45) is 5.92 Å². The molecule has 2 aliphatic carbocycles. The largest absolute Gasteiger partial charge is 0.542 e. The normalized spacial score (nSPS) is 35.3. The Bertz CT molecular complexity index is 872. The Balaban J connectivity index is 1.68. The average Bonchev–Trinajstić information content (AvgIpc) is 2.94. The van der Waals surface area contributed by atoms with Crippen LogP contribution in [0.2, 0.25) is 39.3 Å². The van der Waals surface area contributed by atoms with Crippen LogP contribution in [0, 0.1) is 5.92 Å². The van der Waals surface area contributed by atoms with Gasteiger partial charge in [0.25, 0.3) is 0 Å². The van der Waals surface area contributed by atoms with Gasteiger partial charge in [-0.15, -0.1) is 0 Å². The molecule has 5 atom stereocenters. The lowest BCUT2D eigenvalue weighted by molar-refractivity contribution is -0.0401. The number of rotatable bonds is 4. The number of piperidine rings is 1. The Morgan fingerprint density at radius 1 is 1.07 bits per heavy atom. The van der Waals surface area contributed by atoms with Crippen LogP contribution in [0.15, 0.2) is 24.3 Å². The van der Waals surface area contributed by atoms with E-state index < -0.39 is 16.6 Å². The third-order valence-corrected chi connectivity index (χ3v) is 8.83. The molecule has 2 heterocycles. The molecule has 1 fully saturated rings. The fourth-order valence-corrected chi connectivity index (χ4v) is 7.97. The van der Waals surface area contributed by atoms with Crippen molar-refractivity contribution in [2.45, 2.75) is 75.8 Å². The Morgan fingerprint density at radius 3 is 2.52 bits per heavy atom. The van der Waals surface area contributed by atoms with Crippen LogP contribution in [0.1, 0.15) is 17.5 Å². The zero-order valence-electron chi connectivity index (χ0n) is 18.9. The molecule has 29 heavy (non-hydrogen) atoms. The Kier molecular flexibility index (Phi) is 4.26. The number of ether oxygens (including phenoxy) is 1. The van der Waals surface area contributed by atoms with Crippen LogP contribution < -0.4 is 9.16 Å². The fraction of sp³-hybridized carbons (Fsp3) is 0.652. The van der Waals surface area contributed by atoms with Crippen molar-refractivity contribution >= 4 is 16.6 Å². The summed E-state index contributed by atoms with van der Waals surface area (Å²) >= 11 is 0. The second-order valence-corrected chi connectivity index (χ2v) is 20.2. The number of hydrogen-bond acceptors (Lipinski definition) is 4. The molecule has 0 N–H and O–H groups in total. The van der Waals surface area contributed by atoms with Gasteiger partial charge in [-0.1, -0.05) is 18.2 Å². The van der Waals surface area contributed by atoms with Crippen molar-refractivity contribution in [1.82, 2.24) is 4.90 Å². The first-order valence-corrected chi connectivity index (χ1v) is 17.9. The highest BCUT2D eigenvalue weighted by Gasteiger charge is 2.64. The van der Waals surface area contributed by atoms with E-state index in [1.807, 2.05) is 0 Å². The van der Waals surface area contributed by atoms with Gasteiger partial charge in [0.1, 0.15) is 18.0 Å². The van der Waals surface area contributed by atoms with Crippen molar-refractivity contribution in [1.29, 1.82) is 0 Å². The zero-order valence-corrected chi connectivity index (χ0v) is 20.9. The number of benzene rings is 1. The maximum atomic E-state index is 6.87. The van der Waals surface area contributed by atoms with Crippen molar-refractivity contribution in [3.05, 3.63) is 35.4 Å². The first-order chi connectivity index (χ1) is 13.5. The monoisotopic (exact) mass is 429 g/mol. The summed E-state index contributed by atoms with van der Waals surface area (Å²) in [5, 5.41) is 0. The Labute approximate surface area is 177 Å². The third kappa shape index (κ3) is 2.98. The molecule has 158 valence electrons. The van der Waals surface area contributed by atoms with Gasteiger partial charge in [0.2, 0.25) is 8.32 Å². The van der Waals surface area contributed by atoms with Crippen molar-refractivity contribution < 1.29 is 13.6 Å². The smallest absolute Gasteiger partial charge is 0.242 e. The SMILES string of the molecule is CN1CCC23c4c5ccc(O[Si](C)(C)C)c4OC2C(O[Si](C)(C)C)C=CC3C1C5. The molecule has 0 amide bonds. The molecule has 1 saturated heterocycles. The maximum Gasteiger partial charge on any atom is 0.242 e. The highest BCUT2D eigenvalue weighted by atomic mass is 28.4. The molecule has 1 spiro atoms. The van der Waals surface area contributed by atoms with E-state index in [0.29, 0.717) is 12.0 Å². The van der Waals surface area contributed by atoms with Crippen LogP contribution in [-0.2, 0) is 16.3 Å². The molecular weight excluding hydrogens is 394 g/mol. The van der Waals surface area contributed by atoms with E-state index in [0.717, 1.165) is 30.9 Å². The van der Waals surface area contributed by atoms with Gasteiger partial charge < -0.3 is 18.5 Å². The Hall–Kier alpha value is -1.09. The second kappa shape index (κ2) is 6.22. The molecule has 6 heteroatoms. The van der Waals surface area contributed by atoms with Gasteiger partial charge in [-0.3, -0.25) is 0 Å². The summed E-state index contributed by atoms with van der Waals surface area (Å²) < 4.78 is 20.1. The molecule has 0 aromatic heterocycles. The minimum absolute atomic E-state index is 0.0258. The van der Waals surface area contributed by atoms with E-state index >= 15 is 0 Å². The molecular formula is C23H35NO3Si2. The van der Waals surface area contributed by atoms with Crippen LogP contribution in [0.3, 0.4) is 0 Å². The zero-order chi connectivity index (χ0) is 20.8. The summed E-state index contributed by atoms with van der Waals surface area (Å²) in [5.74, 6) is 2.47. The van der Waals surface area contributed by atoms with Crippen LogP contribution in [0.5, 0.6) is 11.5 Å². The third-order valence-electron chi connectivity index (χ3n) is 7.02. The van der Waals surface area contributed by atoms with Crippen LogP contribution in [-0.4, -0.2) is 53.4 Å². The van der Waals surface area contributed by atoms with Gasteiger partial charge in [-0.05, 0) is 77.3 Å². The molecule has 4 nitrogen and oxygen atoms in total. The quantitative estimate of drug-likeness (QED) is 0.518. The highest BCUT2D eigenvalue weighted by molar-refractivity contribution is 6.70.